The van der Waals surface area contributed by atoms with Crippen LogP contribution in [0, 0.1) is 13.8 Å². The number of nitrogens with one attached hydrogen (secondary N) is 1. The summed E-state index contributed by atoms with van der Waals surface area (Å²) in [5.74, 6) is 1.29. The Morgan fingerprint density at radius 1 is 1.21 bits per heavy atom. The molecule has 1 aliphatic heterocycles. The number of hydrogen-bond donors (Lipinski definition) is 1. The van der Waals surface area contributed by atoms with Crippen LogP contribution in [0.25, 0.3) is 0 Å². The summed E-state index contributed by atoms with van der Waals surface area (Å²) in [4.78, 5) is 11.0. The van der Waals surface area contributed by atoms with E-state index in [1.165, 1.54) is 11.3 Å². The van der Waals surface area contributed by atoms with Crippen LogP contribution in [-0.4, -0.2) is 50.9 Å². The molecule has 0 saturated carbocycles. The van der Waals surface area contributed by atoms with Crippen LogP contribution in [0.1, 0.15) is 29.8 Å². The average Bonchev–Trinajstić information content (AvgIpc) is 2.83. The van der Waals surface area contributed by atoms with E-state index in [1.807, 2.05) is 11.7 Å². The number of hydrogen-bond acceptors (Lipinski definition) is 6. The first-order valence-electron chi connectivity index (χ1n) is 8.41. The largest absolute Gasteiger partial charge is 0.478 e. The third-order valence-corrected chi connectivity index (χ3v) is 4.83. The van der Waals surface area contributed by atoms with E-state index >= 15 is 0 Å². The maximum Gasteiger partial charge on any atom is 0.257 e. The molecule has 7 nitrogen and oxygen atoms in total. The zero-order valence-electron chi connectivity index (χ0n) is 14.9. The summed E-state index contributed by atoms with van der Waals surface area (Å²) >= 11 is 0. The van der Waals surface area contributed by atoms with E-state index < -0.39 is 0 Å². The molecular formula is C17H26N6O. The van der Waals surface area contributed by atoms with Crippen molar-refractivity contribution in [3.05, 3.63) is 29.3 Å². The number of likely N-dealkylation sites (tertiary alicyclic amines) is 1. The van der Waals surface area contributed by atoms with Crippen molar-refractivity contribution in [2.75, 3.05) is 25.5 Å². The molecule has 2 aromatic heterocycles. The maximum absolute atomic E-state index is 5.26. The highest BCUT2D eigenvalue weighted by Gasteiger charge is 2.22. The number of rotatable bonds is 5. The third kappa shape index (κ3) is 3.51. The highest BCUT2D eigenvalue weighted by Crippen LogP contribution is 2.23. The number of aromatic nitrogens is 4. The van der Waals surface area contributed by atoms with Gasteiger partial charge in [0.1, 0.15) is 0 Å². The molecule has 1 aliphatic rings. The molecule has 3 rings (SSSR count). The Labute approximate surface area is 143 Å². The smallest absolute Gasteiger partial charge is 0.257 e. The van der Waals surface area contributed by atoms with Crippen LogP contribution < -0.4 is 10.1 Å². The van der Waals surface area contributed by atoms with E-state index in [0.717, 1.165) is 44.0 Å². The van der Waals surface area contributed by atoms with Gasteiger partial charge < -0.3 is 10.1 Å². The summed E-state index contributed by atoms with van der Waals surface area (Å²) in [6.07, 6.45) is 5.50. The molecule has 2 aromatic rings. The van der Waals surface area contributed by atoms with Crippen LogP contribution in [0.15, 0.2) is 12.4 Å². The average molecular weight is 330 g/mol. The lowest BCUT2D eigenvalue weighted by Gasteiger charge is -2.32. The highest BCUT2D eigenvalue weighted by atomic mass is 16.5. The maximum atomic E-state index is 5.26. The molecule has 1 N–H and O–H groups in total. The Morgan fingerprint density at radius 3 is 2.54 bits per heavy atom. The molecule has 0 aliphatic carbocycles. The first kappa shape index (κ1) is 16.7. The Balaban J connectivity index is 1.56. The van der Waals surface area contributed by atoms with Crippen molar-refractivity contribution in [1.29, 1.82) is 0 Å². The van der Waals surface area contributed by atoms with E-state index in [2.05, 4.69) is 39.1 Å². The fourth-order valence-corrected chi connectivity index (χ4v) is 3.27. The molecule has 24 heavy (non-hydrogen) atoms. The number of aryl methyl sites for hydroxylation is 2. The van der Waals surface area contributed by atoms with Gasteiger partial charge in [-0.15, -0.1) is 0 Å². The van der Waals surface area contributed by atoms with Crippen LogP contribution in [-0.2, 0) is 13.6 Å². The monoisotopic (exact) mass is 330 g/mol. The molecule has 0 aromatic carbocycles. The zero-order valence-corrected chi connectivity index (χ0v) is 14.9. The Morgan fingerprint density at radius 2 is 1.92 bits per heavy atom. The van der Waals surface area contributed by atoms with Gasteiger partial charge in [0.05, 0.1) is 12.8 Å². The first-order valence-corrected chi connectivity index (χ1v) is 8.41. The molecule has 0 unspecified atom stereocenters. The quantitative estimate of drug-likeness (QED) is 0.903. The van der Waals surface area contributed by atoms with E-state index in [1.54, 1.807) is 19.5 Å². The lowest BCUT2D eigenvalue weighted by molar-refractivity contribution is 0.210. The molecule has 130 valence electrons. The molecule has 0 spiro atoms. The number of anilines is 1. The van der Waals surface area contributed by atoms with Crippen molar-refractivity contribution in [2.45, 2.75) is 39.3 Å². The van der Waals surface area contributed by atoms with Crippen LogP contribution in [0.5, 0.6) is 5.88 Å². The standard InChI is InChI=1S/C17H26N6O/c1-12-15(13(2)22(3)21-12)11-23-9-5-14(6-10-23)20-16-17(24-4)19-8-7-18-16/h7-8,14H,5-6,9-11H2,1-4H3,(H,18,20). The highest BCUT2D eigenvalue weighted by molar-refractivity contribution is 5.45. The topological polar surface area (TPSA) is 68.1 Å². The second kappa shape index (κ2) is 7.17. The normalized spacial score (nSPS) is 16.3. The summed E-state index contributed by atoms with van der Waals surface area (Å²) < 4.78 is 7.23. The minimum Gasteiger partial charge on any atom is -0.478 e. The fraction of sp³-hybridized carbons (Fsp3) is 0.588. The summed E-state index contributed by atoms with van der Waals surface area (Å²) in [6, 6.07) is 0.406. The first-order chi connectivity index (χ1) is 11.6. The molecule has 1 fully saturated rings. The van der Waals surface area contributed by atoms with Gasteiger partial charge in [-0.1, -0.05) is 0 Å². The third-order valence-electron chi connectivity index (χ3n) is 4.83. The molecule has 3 heterocycles. The molecule has 0 radical (unpaired) electrons. The number of ether oxygens (including phenoxy) is 1. The zero-order chi connectivity index (χ0) is 17.1. The van der Waals surface area contributed by atoms with Gasteiger partial charge in [-0.25, -0.2) is 9.97 Å². The molecule has 0 bridgehead atoms. The van der Waals surface area contributed by atoms with Gasteiger partial charge in [-0.2, -0.15) is 5.10 Å². The number of nitrogens with zero attached hydrogens (tertiary/aromatic N) is 5. The van der Waals surface area contributed by atoms with Crippen molar-refractivity contribution in [2.24, 2.45) is 7.05 Å². The van der Waals surface area contributed by atoms with Crippen molar-refractivity contribution in [1.82, 2.24) is 24.6 Å². The molecular weight excluding hydrogens is 304 g/mol. The molecule has 1 saturated heterocycles. The lowest BCUT2D eigenvalue weighted by Crippen LogP contribution is -2.39. The Bertz CT molecular complexity index is 690. The van der Waals surface area contributed by atoms with Crippen LogP contribution in [0.2, 0.25) is 0 Å². The summed E-state index contributed by atoms with van der Waals surface area (Å²) in [5, 5.41) is 7.98. The van der Waals surface area contributed by atoms with Crippen LogP contribution in [0.4, 0.5) is 5.82 Å². The number of piperidine rings is 1. The van der Waals surface area contributed by atoms with Crippen molar-refractivity contribution in [3.8, 4) is 5.88 Å². The van der Waals surface area contributed by atoms with E-state index in [4.69, 9.17) is 4.74 Å². The van der Waals surface area contributed by atoms with E-state index in [0.29, 0.717) is 11.9 Å². The van der Waals surface area contributed by atoms with Gasteiger partial charge in [0.25, 0.3) is 5.88 Å². The second-order valence-electron chi connectivity index (χ2n) is 6.38. The lowest BCUT2D eigenvalue weighted by atomic mass is 10.0. The second-order valence-corrected chi connectivity index (χ2v) is 6.38. The van der Waals surface area contributed by atoms with E-state index in [-0.39, 0.29) is 0 Å². The SMILES string of the molecule is COc1nccnc1NC1CCN(Cc2c(C)nn(C)c2C)CC1. The summed E-state index contributed by atoms with van der Waals surface area (Å²) in [6.45, 7) is 7.34. The van der Waals surface area contributed by atoms with Crippen LogP contribution in [0.3, 0.4) is 0 Å². The van der Waals surface area contributed by atoms with E-state index in [9.17, 15) is 0 Å². The number of methoxy groups -OCH3 is 1. The Hall–Kier alpha value is -2.15. The molecule has 0 atom stereocenters. The van der Waals surface area contributed by atoms with Gasteiger partial charge in [0.15, 0.2) is 5.82 Å². The molecule has 0 amide bonds. The van der Waals surface area contributed by atoms with Gasteiger partial charge in [0.2, 0.25) is 0 Å². The van der Waals surface area contributed by atoms with Gasteiger partial charge in [-0.05, 0) is 26.7 Å². The van der Waals surface area contributed by atoms with Gasteiger partial charge >= 0.3 is 0 Å². The predicted molar refractivity (Wildman–Crippen MR) is 93.2 cm³/mol. The predicted octanol–water partition coefficient (Wildman–Crippen LogP) is 1.91. The van der Waals surface area contributed by atoms with Crippen LogP contribution >= 0.6 is 0 Å². The van der Waals surface area contributed by atoms with Crippen molar-refractivity contribution in [3.63, 3.8) is 0 Å². The van der Waals surface area contributed by atoms with Crippen molar-refractivity contribution < 1.29 is 4.74 Å². The minimum atomic E-state index is 0.406. The minimum absolute atomic E-state index is 0.406. The summed E-state index contributed by atoms with van der Waals surface area (Å²) in [5.41, 5.74) is 3.76. The van der Waals surface area contributed by atoms with Gasteiger partial charge in [0, 0.05) is 56.4 Å². The summed E-state index contributed by atoms with van der Waals surface area (Å²) in [7, 11) is 3.63. The van der Waals surface area contributed by atoms with Crippen molar-refractivity contribution >= 4 is 5.82 Å². The Kier molecular flexibility index (Phi) is 4.99. The molecule has 7 heteroatoms. The van der Waals surface area contributed by atoms with Gasteiger partial charge in [-0.3, -0.25) is 9.58 Å². The fourth-order valence-electron chi connectivity index (χ4n) is 3.27.